The molecular weight excluding hydrogens is 324 g/mol. The van der Waals surface area contributed by atoms with Gasteiger partial charge in [-0.15, -0.1) is 0 Å². The van der Waals surface area contributed by atoms with Gasteiger partial charge in [-0.2, -0.15) is 9.97 Å². The Bertz CT molecular complexity index is 760. The molecule has 1 aromatic carbocycles. The summed E-state index contributed by atoms with van der Waals surface area (Å²) in [6.07, 6.45) is -0.129. The van der Waals surface area contributed by atoms with Crippen molar-refractivity contribution in [1.82, 2.24) is 9.97 Å². The third-order valence-electron chi connectivity index (χ3n) is 3.82. The van der Waals surface area contributed by atoms with E-state index in [4.69, 9.17) is 10.5 Å². The van der Waals surface area contributed by atoms with E-state index in [0.29, 0.717) is 13.1 Å². The third kappa shape index (κ3) is 3.77. The van der Waals surface area contributed by atoms with Gasteiger partial charge in [0.15, 0.2) is 0 Å². The predicted octanol–water partition coefficient (Wildman–Crippen LogP) is 2.32. The number of nitro groups is 1. The van der Waals surface area contributed by atoms with E-state index < -0.39 is 4.92 Å². The molecule has 0 aliphatic carbocycles. The zero-order chi connectivity index (χ0) is 18.0. The normalized spacial score (nSPS) is 20.3. The molecule has 3 rings (SSSR count). The summed E-state index contributed by atoms with van der Waals surface area (Å²) in [5, 5.41) is 14.5. The van der Waals surface area contributed by atoms with Crippen LogP contribution in [0.2, 0.25) is 0 Å². The van der Waals surface area contributed by atoms with E-state index in [1.54, 1.807) is 0 Å². The van der Waals surface area contributed by atoms with Crippen LogP contribution in [0.1, 0.15) is 13.8 Å². The largest absolute Gasteiger partial charge is 0.378 e. The van der Waals surface area contributed by atoms with Gasteiger partial charge in [0, 0.05) is 18.8 Å². The molecule has 0 amide bonds. The predicted molar refractivity (Wildman–Crippen MR) is 95.0 cm³/mol. The van der Waals surface area contributed by atoms with Gasteiger partial charge in [0.2, 0.25) is 17.6 Å². The number of rotatable bonds is 4. The van der Waals surface area contributed by atoms with Crippen molar-refractivity contribution in [2.24, 2.45) is 0 Å². The Labute approximate surface area is 145 Å². The van der Waals surface area contributed by atoms with Crippen LogP contribution < -0.4 is 16.0 Å². The van der Waals surface area contributed by atoms with Crippen molar-refractivity contribution in [2.45, 2.75) is 26.1 Å². The van der Waals surface area contributed by atoms with Crippen molar-refractivity contribution in [3.63, 3.8) is 0 Å². The molecule has 0 bridgehead atoms. The standard InChI is InChI=1S/C16H20N6O3/c1-10-8-21(9-11(2)25-10)15-13(22(23)24)14(17)19-16(20-15)18-12-6-4-3-5-7-12/h3-7,10-11H,8-9H2,1-2H3,(H3,17,18,19,20)/t10-,11-/m1/s1. The Morgan fingerprint density at radius 3 is 2.48 bits per heavy atom. The van der Waals surface area contributed by atoms with Crippen LogP contribution in [-0.4, -0.2) is 40.2 Å². The molecule has 1 aliphatic heterocycles. The molecule has 1 aliphatic rings. The van der Waals surface area contributed by atoms with E-state index in [1.807, 2.05) is 49.1 Å². The van der Waals surface area contributed by atoms with Crippen molar-refractivity contribution in [3.05, 3.63) is 40.4 Å². The van der Waals surface area contributed by atoms with Crippen molar-refractivity contribution in [1.29, 1.82) is 0 Å². The number of benzene rings is 1. The Balaban J connectivity index is 2.00. The minimum atomic E-state index is -0.540. The van der Waals surface area contributed by atoms with Gasteiger partial charge < -0.3 is 20.7 Å². The molecule has 2 aromatic rings. The van der Waals surface area contributed by atoms with Gasteiger partial charge >= 0.3 is 5.69 Å². The number of anilines is 4. The number of nitrogens with zero attached hydrogens (tertiary/aromatic N) is 4. The average Bonchev–Trinajstić information content (AvgIpc) is 2.54. The Morgan fingerprint density at radius 2 is 1.88 bits per heavy atom. The summed E-state index contributed by atoms with van der Waals surface area (Å²) in [5.74, 6) is 0.259. The lowest BCUT2D eigenvalue weighted by Crippen LogP contribution is -2.46. The molecule has 9 heteroatoms. The number of nitrogen functional groups attached to an aromatic ring is 1. The van der Waals surface area contributed by atoms with Crippen LogP contribution in [0.15, 0.2) is 30.3 Å². The van der Waals surface area contributed by atoms with E-state index in [2.05, 4.69) is 15.3 Å². The summed E-state index contributed by atoms with van der Waals surface area (Å²) in [6, 6.07) is 9.31. The van der Waals surface area contributed by atoms with Gasteiger partial charge in [-0.3, -0.25) is 10.1 Å². The molecule has 3 N–H and O–H groups in total. The van der Waals surface area contributed by atoms with E-state index in [9.17, 15) is 10.1 Å². The van der Waals surface area contributed by atoms with Crippen LogP contribution in [0.4, 0.5) is 29.0 Å². The van der Waals surface area contributed by atoms with E-state index in [1.165, 1.54) is 0 Å². The number of ether oxygens (including phenoxy) is 1. The molecule has 0 spiro atoms. The molecule has 0 radical (unpaired) electrons. The molecule has 9 nitrogen and oxygen atoms in total. The molecular formula is C16H20N6O3. The maximum atomic E-state index is 11.5. The first-order chi connectivity index (χ1) is 11.9. The second-order valence-electron chi connectivity index (χ2n) is 6.02. The minimum Gasteiger partial charge on any atom is -0.378 e. The fourth-order valence-corrected chi connectivity index (χ4v) is 2.91. The highest BCUT2D eigenvalue weighted by Gasteiger charge is 2.32. The lowest BCUT2D eigenvalue weighted by Gasteiger charge is -2.35. The van der Waals surface area contributed by atoms with Crippen molar-refractivity contribution < 1.29 is 9.66 Å². The summed E-state index contributed by atoms with van der Waals surface area (Å²) in [6.45, 7) is 4.82. The number of hydrogen-bond acceptors (Lipinski definition) is 8. The molecule has 2 heterocycles. The molecule has 2 atom stereocenters. The summed E-state index contributed by atoms with van der Waals surface area (Å²) >= 11 is 0. The van der Waals surface area contributed by atoms with Crippen molar-refractivity contribution >= 4 is 29.0 Å². The second-order valence-corrected chi connectivity index (χ2v) is 6.02. The first-order valence-electron chi connectivity index (χ1n) is 7.98. The minimum absolute atomic E-state index is 0.0647. The van der Waals surface area contributed by atoms with E-state index >= 15 is 0 Å². The molecule has 1 aromatic heterocycles. The highest BCUT2D eigenvalue weighted by atomic mass is 16.6. The van der Waals surface area contributed by atoms with Gasteiger partial charge in [0.05, 0.1) is 17.1 Å². The van der Waals surface area contributed by atoms with Crippen LogP contribution in [0.25, 0.3) is 0 Å². The number of nitrogens with one attached hydrogen (secondary N) is 1. The smallest absolute Gasteiger partial charge is 0.353 e. The third-order valence-corrected chi connectivity index (χ3v) is 3.82. The summed E-state index contributed by atoms with van der Waals surface area (Å²) in [7, 11) is 0. The zero-order valence-corrected chi connectivity index (χ0v) is 14.0. The maximum absolute atomic E-state index is 11.5. The maximum Gasteiger partial charge on any atom is 0.353 e. The highest BCUT2D eigenvalue weighted by molar-refractivity contribution is 5.72. The first kappa shape index (κ1) is 16.9. The topological polar surface area (TPSA) is 119 Å². The second kappa shape index (κ2) is 6.89. The van der Waals surface area contributed by atoms with Gasteiger partial charge in [0.25, 0.3) is 0 Å². The SMILES string of the molecule is C[C@@H]1CN(c2nc(Nc3ccccc3)nc(N)c2[N+](=O)[O-])C[C@@H](C)O1. The van der Waals surface area contributed by atoms with Gasteiger partial charge in [0.1, 0.15) is 0 Å². The lowest BCUT2D eigenvalue weighted by molar-refractivity contribution is -0.383. The van der Waals surface area contributed by atoms with Crippen LogP contribution >= 0.6 is 0 Å². The van der Waals surface area contributed by atoms with Crippen LogP contribution in [0, 0.1) is 10.1 Å². The fraction of sp³-hybridized carbons (Fsp3) is 0.375. The average molecular weight is 344 g/mol. The van der Waals surface area contributed by atoms with Crippen molar-refractivity contribution in [3.8, 4) is 0 Å². The molecule has 132 valence electrons. The highest BCUT2D eigenvalue weighted by Crippen LogP contribution is 2.34. The first-order valence-corrected chi connectivity index (χ1v) is 7.98. The van der Waals surface area contributed by atoms with Crippen LogP contribution in [-0.2, 0) is 4.74 Å². The van der Waals surface area contributed by atoms with Crippen LogP contribution in [0.5, 0.6) is 0 Å². The quantitative estimate of drug-likeness (QED) is 0.640. The number of hydrogen-bond donors (Lipinski definition) is 2. The molecule has 25 heavy (non-hydrogen) atoms. The number of nitrogens with two attached hydrogens (primary N) is 1. The van der Waals surface area contributed by atoms with Gasteiger partial charge in [-0.25, -0.2) is 0 Å². The monoisotopic (exact) mass is 344 g/mol. The Kier molecular flexibility index (Phi) is 4.66. The van der Waals surface area contributed by atoms with Crippen LogP contribution in [0.3, 0.4) is 0 Å². The molecule has 1 fully saturated rings. The number of morpholine rings is 1. The van der Waals surface area contributed by atoms with E-state index in [0.717, 1.165) is 5.69 Å². The van der Waals surface area contributed by atoms with E-state index in [-0.39, 0.29) is 35.5 Å². The molecule has 1 saturated heterocycles. The Hall–Kier alpha value is -2.94. The molecule has 0 saturated carbocycles. The molecule has 0 unspecified atom stereocenters. The fourth-order valence-electron chi connectivity index (χ4n) is 2.91. The summed E-state index contributed by atoms with van der Waals surface area (Å²) < 4.78 is 5.69. The summed E-state index contributed by atoms with van der Waals surface area (Å²) in [4.78, 5) is 21.2. The Morgan fingerprint density at radius 1 is 1.24 bits per heavy atom. The van der Waals surface area contributed by atoms with Gasteiger partial charge in [-0.1, -0.05) is 18.2 Å². The lowest BCUT2D eigenvalue weighted by atomic mass is 10.2. The summed E-state index contributed by atoms with van der Waals surface area (Å²) in [5.41, 5.74) is 6.35. The van der Waals surface area contributed by atoms with Crippen molar-refractivity contribution in [2.75, 3.05) is 29.0 Å². The zero-order valence-electron chi connectivity index (χ0n) is 14.0. The number of para-hydroxylation sites is 1. The number of aromatic nitrogens is 2. The van der Waals surface area contributed by atoms with Gasteiger partial charge in [-0.05, 0) is 26.0 Å².